The number of anilines is 1. The normalized spacial score (nSPS) is 15.3. The van der Waals surface area contributed by atoms with Crippen LogP contribution >= 0.6 is 11.3 Å². The Balaban J connectivity index is 1.49. The van der Waals surface area contributed by atoms with E-state index in [4.69, 9.17) is 0 Å². The lowest BCUT2D eigenvalue weighted by Crippen LogP contribution is -2.50. The summed E-state index contributed by atoms with van der Waals surface area (Å²) in [6.45, 7) is 2.14. The van der Waals surface area contributed by atoms with Crippen LogP contribution in [0.25, 0.3) is 10.2 Å². The maximum absolute atomic E-state index is 13.0. The van der Waals surface area contributed by atoms with Gasteiger partial charge in [0, 0.05) is 19.6 Å². The Kier molecular flexibility index (Phi) is 3.86. The maximum Gasteiger partial charge on any atom is 0.242 e. The van der Waals surface area contributed by atoms with E-state index in [9.17, 15) is 9.18 Å². The zero-order chi connectivity index (χ0) is 16.5. The third kappa shape index (κ3) is 2.82. The molecule has 4 rings (SSSR count). The van der Waals surface area contributed by atoms with Crippen LogP contribution in [0.4, 0.5) is 10.2 Å². The highest BCUT2D eigenvalue weighted by Crippen LogP contribution is 2.28. The van der Waals surface area contributed by atoms with Gasteiger partial charge in [-0.2, -0.15) is 0 Å². The topological polar surface area (TPSA) is 49.3 Å². The van der Waals surface area contributed by atoms with Crippen LogP contribution in [0, 0.1) is 5.82 Å². The second-order valence-electron chi connectivity index (χ2n) is 5.70. The quantitative estimate of drug-likeness (QED) is 0.734. The van der Waals surface area contributed by atoms with Crippen molar-refractivity contribution in [2.24, 2.45) is 0 Å². The Bertz CT molecular complexity index is 880. The molecular weight excluding hydrogens is 327 g/mol. The molecular formula is C17H15FN4OS. The van der Waals surface area contributed by atoms with Crippen LogP contribution in [0.2, 0.25) is 0 Å². The van der Waals surface area contributed by atoms with Crippen LogP contribution in [0.1, 0.15) is 5.56 Å². The van der Waals surface area contributed by atoms with Crippen molar-refractivity contribution in [3.8, 4) is 0 Å². The van der Waals surface area contributed by atoms with E-state index in [0.717, 1.165) is 28.1 Å². The summed E-state index contributed by atoms with van der Waals surface area (Å²) in [5.74, 6) is 0.609. The summed E-state index contributed by atoms with van der Waals surface area (Å²) in [6.07, 6.45) is 1.54. The minimum Gasteiger partial charge on any atom is -0.344 e. The van der Waals surface area contributed by atoms with Gasteiger partial charge < -0.3 is 9.80 Å². The van der Waals surface area contributed by atoms with E-state index in [2.05, 4.69) is 9.97 Å². The molecule has 7 heteroatoms. The molecule has 1 aliphatic rings. The molecule has 0 bridgehead atoms. The summed E-state index contributed by atoms with van der Waals surface area (Å²) in [6, 6.07) is 8.23. The van der Waals surface area contributed by atoms with Crippen molar-refractivity contribution < 1.29 is 9.18 Å². The summed E-state index contributed by atoms with van der Waals surface area (Å²) in [5, 5.41) is 1.98. The molecule has 3 aromatic rings. The molecule has 1 amide bonds. The summed E-state index contributed by atoms with van der Waals surface area (Å²) in [4.78, 5) is 24.9. The molecule has 1 fully saturated rings. The van der Waals surface area contributed by atoms with E-state index < -0.39 is 0 Å². The van der Waals surface area contributed by atoms with Gasteiger partial charge in [-0.05, 0) is 29.1 Å². The number of amides is 1. The number of benzene rings is 1. The van der Waals surface area contributed by atoms with Gasteiger partial charge in [0.1, 0.15) is 12.1 Å². The summed E-state index contributed by atoms with van der Waals surface area (Å²) in [7, 11) is 0. The molecule has 0 spiro atoms. The minimum absolute atomic E-state index is 0.0499. The Morgan fingerprint density at radius 2 is 1.96 bits per heavy atom. The van der Waals surface area contributed by atoms with Crippen molar-refractivity contribution in [1.82, 2.24) is 14.9 Å². The smallest absolute Gasteiger partial charge is 0.242 e. The first-order valence-electron chi connectivity index (χ1n) is 7.66. The first-order valence-corrected chi connectivity index (χ1v) is 8.54. The highest BCUT2D eigenvalue weighted by atomic mass is 32.1. The number of hydrogen-bond donors (Lipinski definition) is 0. The van der Waals surface area contributed by atoms with Crippen molar-refractivity contribution in [3.63, 3.8) is 0 Å². The number of rotatable bonds is 3. The molecule has 5 nitrogen and oxygen atoms in total. The second-order valence-corrected chi connectivity index (χ2v) is 6.61. The number of hydrogen-bond acceptors (Lipinski definition) is 5. The van der Waals surface area contributed by atoms with Crippen LogP contribution < -0.4 is 4.90 Å². The Hall–Kier alpha value is -2.54. The van der Waals surface area contributed by atoms with Crippen molar-refractivity contribution in [1.29, 1.82) is 0 Å². The molecule has 0 unspecified atom stereocenters. The third-order valence-electron chi connectivity index (χ3n) is 4.13. The van der Waals surface area contributed by atoms with Gasteiger partial charge in [-0.25, -0.2) is 14.4 Å². The zero-order valence-electron chi connectivity index (χ0n) is 12.9. The lowest BCUT2D eigenvalue weighted by atomic mass is 10.2. The van der Waals surface area contributed by atoms with E-state index in [-0.39, 0.29) is 11.7 Å². The van der Waals surface area contributed by atoms with E-state index in [0.29, 0.717) is 19.6 Å². The van der Waals surface area contributed by atoms with Crippen LogP contribution in [0.5, 0.6) is 0 Å². The predicted molar refractivity (Wildman–Crippen MR) is 91.4 cm³/mol. The summed E-state index contributed by atoms with van der Waals surface area (Å²) >= 11 is 1.59. The molecule has 0 saturated carbocycles. The monoisotopic (exact) mass is 342 g/mol. The first kappa shape index (κ1) is 15.0. The van der Waals surface area contributed by atoms with E-state index in [1.165, 1.54) is 12.1 Å². The molecule has 3 heterocycles. The number of aromatic nitrogens is 2. The van der Waals surface area contributed by atoms with Gasteiger partial charge in [0.05, 0.1) is 16.8 Å². The number of carbonyl (C=O) groups is 1. The lowest BCUT2D eigenvalue weighted by molar-refractivity contribution is -0.131. The molecule has 0 N–H and O–H groups in total. The molecule has 0 radical (unpaired) electrons. The Morgan fingerprint density at radius 3 is 2.75 bits per heavy atom. The Morgan fingerprint density at radius 1 is 1.12 bits per heavy atom. The fourth-order valence-electron chi connectivity index (χ4n) is 2.87. The van der Waals surface area contributed by atoms with Crippen molar-refractivity contribution in [3.05, 3.63) is 53.4 Å². The van der Waals surface area contributed by atoms with Gasteiger partial charge in [-0.3, -0.25) is 4.79 Å². The fraction of sp³-hybridized carbons (Fsp3) is 0.235. The van der Waals surface area contributed by atoms with E-state index in [1.54, 1.807) is 34.7 Å². The molecule has 2 aromatic heterocycles. The minimum atomic E-state index is -0.265. The Labute approximate surface area is 142 Å². The highest BCUT2D eigenvalue weighted by Gasteiger charge is 2.26. The van der Waals surface area contributed by atoms with Gasteiger partial charge in [-0.1, -0.05) is 12.1 Å². The SMILES string of the molecule is O=C1CN(c2ncnc3ccsc23)CCN1Cc1ccc(F)cc1. The van der Waals surface area contributed by atoms with Crippen LogP contribution in [-0.4, -0.2) is 40.4 Å². The van der Waals surface area contributed by atoms with Crippen molar-refractivity contribution >= 4 is 33.3 Å². The number of piperazine rings is 1. The number of nitrogens with zero attached hydrogens (tertiary/aromatic N) is 4. The molecule has 24 heavy (non-hydrogen) atoms. The van der Waals surface area contributed by atoms with Gasteiger partial charge in [-0.15, -0.1) is 11.3 Å². The van der Waals surface area contributed by atoms with Crippen molar-refractivity contribution in [2.45, 2.75) is 6.54 Å². The van der Waals surface area contributed by atoms with E-state index in [1.807, 2.05) is 16.3 Å². The standard InChI is InChI=1S/C17H15FN4OS/c18-13-3-1-12(2-4-13)9-21-6-7-22(10-15(21)23)17-16-14(5-8-24-16)19-11-20-17/h1-5,8,11H,6-7,9-10H2. The zero-order valence-corrected chi connectivity index (χ0v) is 13.7. The van der Waals surface area contributed by atoms with Gasteiger partial charge in [0.25, 0.3) is 0 Å². The summed E-state index contributed by atoms with van der Waals surface area (Å²) in [5.41, 5.74) is 1.84. The number of thiophene rings is 1. The van der Waals surface area contributed by atoms with Crippen molar-refractivity contribution in [2.75, 3.05) is 24.5 Å². The predicted octanol–water partition coefficient (Wildman–Crippen LogP) is 2.68. The number of halogens is 1. The van der Waals surface area contributed by atoms with Gasteiger partial charge in [0.15, 0.2) is 5.82 Å². The average molecular weight is 342 g/mol. The largest absolute Gasteiger partial charge is 0.344 e. The molecule has 1 aromatic carbocycles. The molecule has 1 saturated heterocycles. The van der Waals surface area contributed by atoms with E-state index >= 15 is 0 Å². The van der Waals surface area contributed by atoms with Crippen LogP contribution in [-0.2, 0) is 11.3 Å². The van der Waals surface area contributed by atoms with Crippen LogP contribution in [0.3, 0.4) is 0 Å². The molecule has 0 aliphatic carbocycles. The highest BCUT2D eigenvalue weighted by molar-refractivity contribution is 7.17. The molecule has 122 valence electrons. The first-order chi connectivity index (χ1) is 11.7. The lowest BCUT2D eigenvalue weighted by Gasteiger charge is -2.35. The second kappa shape index (κ2) is 6.16. The molecule has 1 aliphatic heterocycles. The summed E-state index contributed by atoms with van der Waals surface area (Å²) < 4.78 is 14.0. The van der Waals surface area contributed by atoms with Gasteiger partial charge in [0.2, 0.25) is 5.91 Å². The fourth-order valence-corrected chi connectivity index (χ4v) is 3.73. The van der Waals surface area contributed by atoms with Gasteiger partial charge >= 0.3 is 0 Å². The maximum atomic E-state index is 13.0. The third-order valence-corrected chi connectivity index (χ3v) is 5.03. The number of carbonyl (C=O) groups excluding carboxylic acids is 1. The average Bonchev–Trinajstić information content (AvgIpc) is 3.07. The number of fused-ring (bicyclic) bond motifs is 1. The molecule has 0 atom stereocenters. The van der Waals surface area contributed by atoms with Crippen LogP contribution in [0.15, 0.2) is 42.0 Å².